The van der Waals surface area contributed by atoms with Gasteiger partial charge in [0.1, 0.15) is 5.75 Å². The van der Waals surface area contributed by atoms with Crippen LogP contribution in [0.5, 0.6) is 17.2 Å². The van der Waals surface area contributed by atoms with Crippen molar-refractivity contribution < 1.29 is 19.4 Å². The first-order chi connectivity index (χ1) is 12.0. The highest BCUT2D eigenvalue weighted by atomic mass is 79.9. The second-order valence-corrected chi connectivity index (χ2v) is 6.01. The highest BCUT2D eigenvalue weighted by Crippen LogP contribution is 2.26. The second kappa shape index (κ2) is 9.08. The van der Waals surface area contributed by atoms with E-state index >= 15 is 0 Å². The van der Waals surface area contributed by atoms with Gasteiger partial charge in [0, 0.05) is 4.47 Å². The number of aromatic hydroxyl groups is 1. The fourth-order valence-corrected chi connectivity index (χ4v) is 2.20. The zero-order chi connectivity index (χ0) is 18.2. The van der Waals surface area contributed by atoms with Crippen LogP contribution in [0.1, 0.15) is 18.1 Å². The van der Waals surface area contributed by atoms with Crippen molar-refractivity contribution in [3.63, 3.8) is 0 Å². The lowest BCUT2D eigenvalue weighted by Crippen LogP contribution is -2.24. The Balaban J connectivity index is 1.85. The van der Waals surface area contributed by atoms with Crippen LogP contribution in [0.15, 0.2) is 46.0 Å². The Bertz CT molecular complexity index is 778. The molecule has 0 aliphatic carbocycles. The van der Waals surface area contributed by atoms with Crippen LogP contribution in [0, 0.1) is 6.92 Å². The zero-order valence-corrected chi connectivity index (χ0v) is 15.5. The highest BCUT2D eigenvalue weighted by Gasteiger charge is 2.04. The van der Waals surface area contributed by atoms with Crippen LogP contribution in [0.2, 0.25) is 0 Å². The van der Waals surface area contributed by atoms with E-state index in [4.69, 9.17) is 9.47 Å². The lowest BCUT2D eigenvalue weighted by atomic mass is 10.2. The molecule has 0 fully saturated rings. The molecule has 25 heavy (non-hydrogen) atoms. The maximum Gasteiger partial charge on any atom is 0.277 e. The number of carbonyl (C=O) groups is 1. The van der Waals surface area contributed by atoms with Crippen LogP contribution in [0.25, 0.3) is 0 Å². The largest absolute Gasteiger partial charge is 0.504 e. The van der Waals surface area contributed by atoms with Crippen molar-refractivity contribution in [2.45, 2.75) is 13.8 Å². The van der Waals surface area contributed by atoms with Gasteiger partial charge in [0.15, 0.2) is 18.1 Å². The van der Waals surface area contributed by atoms with Gasteiger partial charge in [0.25, 0.3) is 5.91 Å². The molecule has 7 heteroatoms. The average Bonchev–Trinajstić information content (AvgIpc) is 2.59. The van der Waals surface area contributed by atoms with E-state index in [1.54, 1.807) is 18.2 Å². The normalized spacial score (nSPS) is 10.7. The predicted molar refractivity (Wildman–Crippen MR) is 99.4 cm³/mol. The summed E-state index contributed by atoms with van der Waals surface area (Å²) in [5.74, 6) is 0.660. The van der Waals surface area contributed by atoms with Gasteiger partial charge < -0.3 is 14.6 Å². The number of phenols is 1. The molecule has 132 valence electrons. The van der Waals surface area contributed by atoms with E-state index in [2.05, 4.69) is 26.5 Å². The molecule has 2 rings (SSSR count). The molecule has 6 nitrogen and oxygen atoms in total. The minimum absolute atomic E-state index is 0.0567. The number of hydrogen-bond acceptors (Lipinski definition) is 5. The van der Waals surface area contributed by atoms with Crippen molar-refractivity contribution in [2.75, 3.05) is 13.2 Å². The van der Waals surface area contributed by atoms with Gasteiger partial charge in [0.05, 0.1) is 12.8 Å². The number of hydrazone groups is 1. The molecule has 2 aromatic carbocycles. The number of rotatable bonds is 7. The Hall–Kier alpha value is -2.54. The minimum atomic E-state index is -0.374. The van der Waals surface area contributed by atoms with Crippen LogP contribution in [0.3, 0.4) is 0 Å². The predicted octanol–water partition coefficient (Wildman–Crippen LogP) is 3.39. The quantitative estimate of drug-likeness (QED) is 0.545. The molecular weight excluding hydrogens is 388 g/mol. The summed E-state index contributed by atoms with van der Waals surface area (Å²) in [5, 5.41) is 13.5. The second-order valence-electron chi connectivity index (χ2n) is 5.15. The Morgan fingerprint density at radius 2 is 2.08 bits per heavy atom. The smallest absolute Gasteiger partial charge is 0.277 e. The fraction of sp³-hybridized carbons (Fsp3) is 0.222. The first-order valence-electron chi connectivity index (χ1n) is 7.66. The van der Waals surface area contributed by atoms with Gasteiger partial charge in [-0.05, 0) is 61.4 Å². The number of aryl methyl sites for hydroxylation is 1. The standard InChI is InChI=1S/C18H19BrN2O4/c1-3-24-17-9-13(4-7-16(17)22)10-20-21-18(23)11-25-14-5-6-15(19)12(2)8-14/h4-10,22H,3,11H2,1-2H3,(H,21,23). The van der Waals surface area contributed by atoms with E-state index in [0.29, 0.717) is 23.7 Å². The van der Waals surface area contributed by atoms with Crippen molar-refractivity contribution in [1.29, 1.82) is 0 Å². The molecule has 1 amide bonds. The van der Waals surface area contributed by atoms with Gasteiger partial charge in [-0.25, -0.2) is 5.43 Å². The topological polar surface area (TPSA) is 80.2 Å². The number of halogens is 1. The molecule has 0 saturated heterocycles. The average molecular weight is 407 g/mol. The van der Waals surface area contributed by atoms with E-state index in [1.165, 1.54) is 12.3 Å². The zero-order valence-electron chi connectivity index (χ0n) is 14.0. The van der Waals surface area contributed by atoms with E-state index in [1.807, 2.05) is 26.0 Å². The maximum absolute atomic E-state index is 11.8. The van der Waals surface area contributed by atoms with Crippen molar-refractivity contribution in [2.24, 2.45) is 5.10 Å². The van der Waals surface area contributed by atoms with Crippen LogP contribution < -0.4 is 14.9 Å². The van der Waals surface area contributed by atoms with Crippen LogP contribution in [0.4, 0.5) is 0 Å². The number of hydrogen-bond donors (Lipinski definition) is 2. The Morgan fingerprint density at radius 3 is 2.80 bits per heavy atom. The summed E-state index contributed by atoms with van der Waals surface area (Å²) in [4.78, 5) is 11.8. The molecule has 0 aliphatic heterocycles. The molecule has 0 aromatic heterocycles. The van der Waals surface area contributed by atoms with Gasteiger partial charge in [-0.3, -0.25) is 4.79 Å². The van der Waals surface area contributed by atoms with Crippen molar-refractivity contribution in [3.8, 4) is 17.2 Å². The molecule has 0 aliphatic rings. The van der Waals surface area contributed by atoms with E-state index in [-0.39, 0.29) is 18.3 Å². The van der Waals surface area contributed by atoms with Crippen molar-refractivity contribution >= 4 is 28.1 Å². The fourth-order valence-electron chi connectivity index (χ4n) is 1.95. The Labute approximate surface area is 154 Å². The van der Waals surface area contributed by atoms with Crippen molar-refractivity contribution in [1.82, 2.24) is 5.43 Å². The van der Waals surface area contributed by atoms with Crippen LogP contribution >= 0.6 is 15.9 Å². The molecule has 0 radical (unpaired) electrons. The third-order valence-corrected chi connectivity index (χ3v) is 4.08. The van der Waals surface area contributed by atoms with Gasteiger partial charge >= 0.3 is 0 Å². The summed E-state index contributed by atoms with van der Waals surface area (Å²) in [6.07, 6.45) is 1.46. The number of amides is 1. The van der Waals surface area contributed by atoms with E-state index in [9.17, 15) is 9.90 Å². The molecule has 0 bridgehead atoms. The molecule has 2 N–H and O–H groups in total. The lowest BCUT2D eigenvalue weighted by molar-refractivity contribution is -0.123. The number of nitrogens with one attached hydrogen (secondary N) is 1. The third-order valence-electron chi connectivity index (χ3n) is 3.19. The SMILES string of the molecule is CCOc1cc(C=NNC(=O)COc2ccc(Br)c(C)c2)ccc1O. The molecule has 0 atom stereocenters. The minimum Gasteiger partial charge on any atom is -0.504 e. The number of nitrogens with zero attached hydrogens (tertiary/aromatic N) is 1. The molecule has 0 unspecified atom stereocenters. The lowest BCUT2D eigenvalue weighted by Gasteiger charge is -2.07. The van der Waals surface area contributed by atoms with Gasteiger partial charge in [0.2, 0.25) is 0 Å². The maximum atomic E-state index is 11.8. The van der Waals surface area contributed by atoms with Gasteiger partial charge in [-0.2, -0.15) is 5.10 Å². The third kappa shape index (κ3) is 5.79. The molecule has 2 aromatic rings. The summed E-state index contributed by atoms with van der Waals surface area (Å²) >= 11 is 3.41. The first-order valence-corrected chi connectivity index (χ1v) is 8.45. The van der Waals surface area contributed by atoms with E-state index < -0.39 is 0 Å². The van der Waals surface area contributed by atoms with Gasteiger partial charge in [-0.15, -0.1) is 0 Å². The Kier molecular flexibility index (Phi) is 6.82. The summed E-state index contributed by atoms with van der Waals surface area (Å²) in [6, 6.07) is 10.3. The first kappa shape index (κ1) is 18.8. The number of phenolic OH excluding ortho intramolecular Hbond substituents is 1. The Morgan fingerprint density at radius 1 is 1.28 bits per heavy atom. The number of benzene rings is 2. The summed E-state index contributed by atoms with van der Waals surface area (Å²) in [7, 11) is 0. The molecule has 0 heterocycles. The molecular formula is C18H19BrN2O4. The number of ether oxygens (including phenoxy) is 2. The molecule has 0 spiro atoms. The highest BCUT2D eigenvalue weighted by molar-refractivity contribution is 9.10. The van der Waals surface area contributed by atoms with Crippen molar-refractivity contribution in [3.05, 3.63) is 52.0 Å². The van der Waals surface area contributed by atoms with Crippen LogP contribution in [-0.4, -0.2) is 30.4 Å². The molecule has 0 saturated carbocycles. The summed E-state index contributed by atoms with van der Waals surface area (Å²) in [6.45, 7) is 4.07. The summed E-state index contributed by atoms with van der Waals surface area (Å²) in [5.41, 5.74) is 4.09. The number of carbonyl (C=O) groups excluding carboxylic acids is 1. The van der Waals surface area contributed by atoms with Gasteiger partial charge in [-0.1, -0.05) is 15.9 Å². The van der Waals surface area contributed by atoms with Crippen LogP contribution in [-0.2, 0) is 4.79 Å². The van der Waals surface area contributed by atoms with E-state index in [0.717, 1.165) is 10.0 Å². The monoisotopic (exact) mass is 406 g/mol. The summed E-state index contributed by atoms with van der Waals surface area (Å²) < 4.78 is 11.7.